The first-order chi connectivity index (χ1) is 4.72. The molecule has 0 bridgehead atoms. The molecule has 3 heteroatoms. The van der Waals surface area contributed by atoms with Crippen molar-refractivity contribution in [3.05, 3.63) is 25.3 Å². The Morgan fingerprint density at radius 3 is 1.80 bits per heavy atom. The highest BCUT2D eigenvalue weighted by atomic mass is 35.5. The van der Waals surface area contributed by atoms with Gasteiger partial charge in [-0.05, 0) is 0 Å². The second-order valence-electron chi connectivity index (χ2n) is 1.81. The Morgan fingerprint density at radius 2 is 1.60 bits per heavy atom. The third kappa shape index (κ3) is 3.94. The Hall–Kier alpha value is 0.0200. The quantitative estimate of drug-likeness (QED) is 0.356. The van der Waals surface area contributed by atoms with Gasteiger partial charge in [-0.25, -0.2) is 0 Å². The van der Waals surface area contributed by atoms with Crippen molar-refractivity contribution >= 4 is 23.2 Å². The van der Waals surface area contributed by atoms with Gasteiger partial charge in [0.15, 0.2) is 4.96 Å². The molecule has 0 aliphatic carbocycles. The second-order valence-corrected chi connectivity index (χ2v) is 2.86. The number of rotatable bonds is 5. The standard InChI is InChI=1S/C7H11Cl2N/c1-3-5-10(6-4-2)7(8)9/h3-4,7H,1-2,5-6H2. The lowest BCUT2D eigenvalue weighted by Crippen LogP contribution is -2.27. The van der Waals surface area contributed by atoms with Gasteiger partial charge in [-0.1, -0.05) is 35.4 Å². The van der Waals surface area contributed by atoms with Crippen LogP contribution in [-0.2, 0) is 0 Å². The Bertz CT molecular complexity index is 102. The minimum Gasteiger partial charge on any atom is -0.268 e. The number of hydrogen-bond acceptors (Lipinski definition) is 1. The summed E-state index contributed by atoms with van der Waals surface area (Å²) in [6.45, 7) is 8.51. The highest BCUT2D eigenvalue weighted by Gasteiger charge is 2.07. The molecule has 0 atom stereocenters. The van der Waals surface area contributed by atoms with Gasteiger partial charge in [0.25, 0.3) is 0 Å². The van der Waals surface area contributed by atoms with Crippen LogP contribution < -0.4 is 0 Å². The van der Waals surface area contributed by atoms with Crippen LogP contribution in [0, 0.1) is 0 Å². The summed E-state index contributed by atoms with van der Waals surface area (Å²) in [6, 6.07) is 0. The lowest BCUT2D eigenvalue weighted by molar-refractivity contribution is 0.366. The van der Waals surface area contributed by atoms with Crippen molar-refractivity contribution < 1.29 is 0 Å². The SMILES string of the molecule is C=CCN(CC=C)C(Cl)Cl. The molecule has 0 amide bonds. The van der Waals surface area contributed by atoms with Gasteiger partial charge < -0.3 is 0 Å². The van der Waals surface area contributed by atoms with Crippen LogP contribution in [0.4, 0.5) is 0 Å². The van der Waals surface area contributed by atoms with Gasteiger partial charge >= 0.3 is 0 Å². The van der Waals surface area contributed by atoms with Crippen LogP contribution in [0.5, 0.6) is 0 Å². The smallest absolute Gasteiger partial charge is 0.161 e. The van der Waals surface area contributed by atoms with Crippen LogP contribution >= 0.6 is 23.2 Å². The molecule has 0 saturated carbocycles. The molecule has 0 aromatic carbocycles. The monoisotopic (exact) mass is 179 g/mol. The molecule has 0 unspecified atom stereocenters. The Labute approximate surface area is 71.9 Å². The van der Waals surface area contributed by atoms with Gasteiger partial charge in [0, 0.05) is 13.1 Å². The zero-order chi connectivity index (χ0) is 7.98. The summed E-state index contributed by atoms with van der Waals surface area (Å²) in [6.07, 6.45) is 3.50. The van der Waals surface area contributed by atoms with Gasteiger partial charge in [-0.2, -0.15) is 0 Å². The van der Waals surface area contributed by atoms with Crippen LogP contribution in [0.3, 0.4) is 0 Å². The zero-order valence-corrected chi connectivity index (χ0v) is 7.28. The molecule has 0 aromatic rings. The van der Waals surface area contributed by atoms with Gasteiger partial charge in [-0.15, -0.1) is 13.2 Å². The number of hydrogen-bond donors (Lipinski definition) is 0. The van der Waals surface area contributed by atoms with E-state index in [1.165, 1.54) is 0 Å². The minimum atomic E-state index is -0.476. The van der Waals surface area contributed by atoms with Crippen LogP contribution in [0.15, 0.2) is 25.3 Å². The van der Waals surface area contributed by atoms with Crippen molar-refractivity contribution in [2.75, 3.05) is 13.1 Å². The molecule has 0 heterocycles. The maximum absolute atomic E-state index is 5.60. The van der Waals surface area contributed by atoms with Crippen molar-refractivity contribution in [3.63, 3.8) is 0 Å². The molecule has 0 aliphatic rings. The van der Waals surface area contributed by atoms with Crippen LogP contribution in [0.2, 0.25) is 0 Å². The molecule has 1 nitrogen and oxygen atoms in total. The second kappa shape index (κ2) is 5.78. The van der Waals surface area contributed by atoms with Crippen molar-refractivity contribution in [1.82, 2.24) is 4.90 Å². The largest absolute Gasteiger partial charge is 0.268 e. The van der Waals surface area contributed by atoms with Crippen molar-refractivity contribution in [1.29, 1.82) is 0 Å². The first-order valence-corrected chi connectivity index (χ1v) is 3.83. The molecule has 0 aliphatic heterocycles. The fourth-order valence-corrected chi connectivity index (χ4v) is 0.884. The highest BCUT2D eigenvalue weighted by Crippen LogP contribution is 2.08. The summed E-state index contributed by atoms with van der Waals surface area (Å²) >= 11 is 11.2. The van der Waals surface area contributed by atoms with Crippen molar-refractivity contribution in [3.8, 4) is 0 Å². The van der Waals surface area contributed by atoms with Gasteiger partial charge in [-0.3, -0.25) is 4.90 Å². The molecule has 0 rings (SSSR count). The van der Waals surface area contributed by atoms with E-state index in [9.17, 15) is 0 Å². The first-order valence-electron chi connectivity index (χ1n) is 2.96. The van der Waals surface area contributed by atoms with E-state index >= 15 is 0 Å². The van der Waals surface area contributed by atoms with Crippen LogP contribution in [0.1, 0.15) is 0 Å². The van der Waals surface area contributed by atoms with E-state index in [0.717, 1.165) is 0 Å². The van der Waals surface area contributed by atoms with Gasteiger partial charge in [0.2, 0.25) is 0 Å². The molecule has 0 saturated heterocycles. The summed E-state index contributed by atoms with van der Waals surface area (Å²) in [5.74, 6) is 0. The third-order valence-corrected chi connectivity index (χ3v) is 1.56. The highest BCUT2D eigenvalue weighted by molar-refractivity contribution is 6.43. The predicted molar refractivity (Wildman–Crippen MR) is 47.5 cm³/mol. The molecule has 0 aromatic heterocycles. The van der Waals surface area contributed by atoms with E-state index in [1.807, 2.05) is 4.90 Å². The van der Waals surface area contributed by atoms with E-state index in [1.54, 1.807) is 12.2 Å². The molecular weight excluding hydrogens is 169 g/mol. The number of nitrogens with zero attached hydrogens (tertiary/aromatic N) is 1. The summed E-state index contributed by atoms with van der Waals surface area (Å²) < 4.78 is 0. The molecule has 0 radical (unpaired) electrons. The average Bonchev–Trinajstić information content (AvgIpc) is 1.87. The third-order valence-electron chi connectivity index (χ3n) is 1.00. The maximum atomic E-state index is 5.60. The van der Waals surface area contributed by atoms with Crippen LogP contribution in [-0.4, -0.2) is 22.9 Å². The number of halogens is 2. The lowest BCUT2D eigenvalue weighted by Gasteiger charge is -2.18. The van der Waals surface area contributed by atoms with Crippen molar-refractivity contribution in [2.24, 2.45) is 0 Å². The van der Waals surface area contributed by atoms with E-state index in [-0.39, 0.29) is 0 Å². The molecule has 0 fully saturated rings. The van der Waals surface area contributed by atoms with Crippen molar-refractivity contribution in [2.45, 2.75) is 4.96 Å². The van der Waals surface area contributed by atoms with Gasteiger partial charge in [0.1, 0.15) is 0 Å². The molecule has 0 N–H and O–H groups in total. The molecular formula is C7H11Cl2N. The fraction of sp³-hybridized carbons (Fsp3) is 0.429. The van der Waals surface area contributed by atoms with E-state index < -0.39 is 4.96 Å². The topological polar surface area (TPSA) is 3.24 Å². The zero-order valence-electron chi connectivity index (χ0n) is 5.76. The summed E-state index contributed by atoms with van der Waals surface area (Å²) in [5.41, 5.74) is 0. The Balaban J connectivity index is 3.70. The number of alkyl halides is 2. The maximum Gasteiger partial charge on any atom is 0.161 e. The van der Waals surface area contributed by atoms with E-state index in [2.05, 4.69) is 13.2 Å². The minimum absolute atomic E-state index is 0.476. The fourth-order valence-electron chi connectivity index (χ4n) is 0.566. The first kappa shape index (κ1) is 10.0. The normalized spacial score (nSPS) is 10.4. The summed E-state index contributed by atoms with van der Waals surface area (Å²) in [7, 11) is 0. The lowest BCUT2D eigenvalue weighted by atomic mass is 10.5. The van der Waals surface area contributed by atoms with E-state index in [0.29, 0.717) is 13.1 Å². The molecule has 10 heavy (non-hydrogen) atoms. The average molecular weight is 180 g/mol. The van der Waals surface area contributed by atoms with Gasteiger partial charge in [0.05, 0.1) is 0 Å². The van der Waals surface area contributed by atoms with Crippen LogP contribution in [0.25, 0.3) is 0 Å². The Morgan fingerprint density at radius 1 is 1.20 bits per heavy atom. The molecule has 0 spiro atoms. The predicted octanol–water partition coefficient (Wildman–Crippen LogP) is 2.42. The summed E-state index contributed by atoms with van der Waals surface area (Å²) in [4.78, 5) is 1.35. The Kier molecular flexibility index (Phi) is 5.79. The summed E-state index contributed by atoms with van der Waals surface area (Å²) in [5, 5.41) is 0. The van der Waals surface area contributed by atoms with E-state index in [4.69, 9.17) is 23.2 Å². The molecule has 58 valence electrons.